The van der Waals surface area contributed by atoms with E-state index in [1.165, 1.54) is 5.56 Å². The van der Waals surface area contributed by atoms with Gasteiger partial charge in [-0.05, 0) is 24.8 Å². The Labute approximate surface area is 95.1 Å². The first kappa shape index (κ1) is 10.7. The molecule has 3 heteroatoms. The standard InChI is InChI=1S/C13H14N2O/c1-9(8-14)15-13(16)12-7-11(12)10-5-3-2-4-6-10/h2-6,9,11-12H,7H2,1H3,(H,15,16). The fourth-order valence-corrected chi connectivity index (χ4v) is 1.91. The van der Waals surface area contributed by atoms with Gasteiger partial charge < -0.3 is 5.32 Å². The summed E-state index contributed by atoms with van der Waals surface area (Å²) in [5.41, 5.74) is 1.22. The first-order valence-corrected chi connectivity index (χ1v) is 5.47. The van der Waals surface area contributed by atoms with Crippen LogP contribution in [0.5, 0.6) is 0 Å². The monoisotopic (exact) mass is 214 g/mol. The lowest BCUT2D eigenvalue weighted by Gasteiger charge is -2.05. The molecule has 82 valence electrons. The third-order valence-corrected chi connectivity index (χ3v) is 2.91. The molecule has 1 aromatic rings. The van der Waals surface area contributed by atoms with E-state index in [0.29, 0.717) is 5.92 Å². The largest absolute Gasteiger partial charge is 0.340 e. The van der Waals surface area contributed by atoms with E-state index in [-0.39, 0.29) is 11.8 Å². The fourth-order valence-electron chi connectivity index (χ4n) is 1.91. The zero-order valence-corrected chi connectivity index (χ0v) is 9.18. The van der Waals surface area contributed by atoms with E-state index in [4.69, 9.17) is 5.26 Å². The van der Waals surface area contributed by atoms with Crippen LogP contribution in [0, 0.1) is 17.2 Å². The van der Waals surface area contributed by atoms with Gasteiger partial charge in [0.05, 0.1) is 6.07 Å². The minimum absolute atomic E-state index is 0.00269. The van der Waals surface area contributed by atoms with E-state index in [2.05, 4.69) is 5.32 Å². The maximum atomic E-state index is 11.7. The lowest BCUT2D eigenvalue weighted by Crippen LogP contribution is -2.32. The van der Waals surface area contributed by atoms with Crippen molar-refractivity contribution in [2.45, 2.75) is 25.3 Å². The van der Waals surface area contributed by atoms with Gasteiger partial charge in [0.2, 0.25) is 5.91 Å². The maximum absolute atomic E-state index is 11.7. The van der Waals surface area contributed by atoms with Gasteiger partial charge in [0, 0.05) is 5.92 Å². The molecule has 0 heterocycles. The van der Waals surface area contributed by atoms with Crippen LogP contribution < -0.4 is 5.32 Å². The smallest absolute Gasteiger partial charge is 0.224 e. The molecule has 0 bridgehead atoms. The van der Waals surface area contributed by atoms with Gasteiger partial charge in [-0.25, -0.2) is 0 Å². The Balaban J connectivity index is 1.93. The van der Waals surface area contributed by atoms with Gasteiger partial charge in [-0.1, -0.05) is 30.3 Å². The van der Waals surface area contributed by atoms with Gasteiger partial charge in [-0.15, -0.1) is 0 Å². The number of amides is 1. The molecule has 3 nitrogen and oxygen atoms in total. The Bertz CT molecular complexity index is 421. The summed E-state index contributed by atoms with van der Waals surface area (Å²) in [5.74, 6) is 0.396. The molecule has 0 radical (unpaired) electrons. The lowest BCUT2D eigenvalue weighted by atomic mass is 10.1. The highest BCUT2D eigenvalue weighted by atomic mass is 16.2. The third-order valence-electron chi connectivity index (χ3n) is 2.91. The number of hydrogen-bond acceptors (Lipinski definition) is 2. The van der Waals surface area contributed by atoms with Gasteiger partial charge in [0.25, 0.3) is 0 Å². The Kier molecular flexibility index (Phi) is 2.91. The van der Waals surface area contributed by atoms with Gasteiger partial charge in [-0.2, -0.15) is 5.26 Å². The summed E-state index contributed by atoms with van der Waals surface area (Å²) in [6.07, 6.45) is 0.897. The lowest BCUT2D eigenvalue weighted by molar-refractivity contribution is -0.122. The van der Waals surface area contributed by atoms with Crippen LogP contribution in [-0.2, 0) is 4.79 Å². The molecule has 1 amide bonds. The van der Waals surface area contributed by atoms with Crippen molar-refractivity contribution in [3.05, 3.63) is 35.9 Å². The zero-order chi connectivity index (χ0) is 11.5. The SMILES string of the molecule is CC(C#N)NC(=O)C1CC1c1ccccc1. The van der Waals surface area contributed by atoms with Crippen molar-refractivity contribution in [1.29, 1.82) is 5.26 Å². The van der Waals surface area contributed by atoms with Crippen LogP contribution in [0.15, 0.2) is 30.3 Å². The minimum Gasteiger partial charge on any atom is -0.340 e. The van der Waals surface area contributed by atoms with Crippen molar-refractivity contribution in [1.82, 2.24) is 5.32 Å². The molecule has 0 saturated heterocycles. The van der Waals surface area contributed by atoms with E-state index in [1.54, 1.807) is 6.92 Å². The number of nitrogens with one attached hydrogen (secondary N) is 1. The van der Waals surface area contributed by atoms with Crippen molar-refractivity contribution in [2.24, 2.45) is 5.92 Å². The van der Waals surface area contributed by atoms with Gasteiger partial charge in [0.1, 0.15) is 6.04 Å². The molecule has 16 heavy (non-hydrogen) atoms. The van der Waals surface area contributed by atoms with Crippen LogP contribution in [0.25, 0.3) is 0 Å². The average Bonchev–Trinajstić information content (AvgIpc) is 3.10. The highest BCUT2D eigenvalue weighted by molar-refractivity contribution is 5.83. The number of carbonyl (C=O) groups excluding carboxylic acids is 1. The molecule has 3 unspecified atom stereocenters. The molecule has 1 aromatic carbocycles. The molecular formula is C13H14N2O. The van der Waals surface area contributed by atoms with E-state index >= 15 is 0 Å². The summed E-state index contributed by atoms with van der Waals surface area (Å²) < 4.78 is 0. The van der Waals surface area contributed by atoms with Crippen molar-refractivity contribution >= 4 is 5.91 Å². The first-order chi connectivity index (χ1) is 7.72. The predicted molar refractivity (Wildman–Crippen MR) is 60.5 cm³/mol. The molecule has 1 fully saturated rings. The van der Waals surface area contributed by atoms with E-state index in [9.17, 15) is 4.79 Å². The molecule has 1 aliphatic rings. The van der Waals surface area contributed by atoms with Crippen molar-refractivity contribution < 1.29 is 4.79 Å². The van der Waals surface area contributed by atoms with E-state index < -0.39 is 6.04 Å². The molecule has 3 atom stereocenters. The molecule has 1 saturated carbocycles. The average molecular weight is 214 g/mol. The number of benzene rings is 1. The van der Waals surface area contributed by atoms with E-state index in [1.807, 2.05) is 36.4 Å². The predicted octanol–water partition coefficient (Wildman–Crippen LogP) is 1.82. The summed E-state index contributed by atoms with van der Waals surface area (Å²) in [4.78, 5) is 11.7. The zero-order valence-electron chi connectivity index (χ0n) is 9.18. The minimum atomic E-state index is -0.399. The van der Waals surface area contributed by atoms with Crippen molar-refractivity contribution in [3.63, 3.8) is 0 Å². The second-order valence-electron chi connectivity index (χ2n) is 4.22. The first-order valence-electron chi connectivity index (χ1n) is 5.47. The van der Waals surface area contributed by atoms with E-state index in [0.717, 1.165) is 6.42 Å². The van der Waals surface area contributed by atoms with Crippen molar-refractivity contribution in [3.8, 4) is 6.07 Å². The molecule has 1 N–H and O–H groups in total. The number of nitriles is 1. The summed E-state index contributed by atoms with van der Waals surface area (Å²) in [5, 5.41) is 11.3. The van der Waals surface area contributed by atoms with Crippen LogP contribution >= 0.6 is 0 Å². The molecule has 1 aliphatic carbocycles. The van der Waals surface area contributed by atoms with Crippen LogP contribution in [0.1, 0.15) is 24.8 Å². The second-order valence-corrected chi connectivity index (χ2v) is 4.22. The molecular weight excluding hydrogens is 200 g/mol. The van der Waals surface area contributed by atoms with Gasteiger partial charge in [-0.3, -0.25) is 4.79 Å². The van der Waals surface area contributed by atoms with Crippen LogP contribution in [-0.4, -0.2) is 11.9 Å². The van der Waals surface area contributed by atoms with Crippen molar-refractivity contribution in [2.75, 3.05) is 0 Å². The number of rotatable bonds is 3. The molecule has 2 rings (SSSR count). The van der Waals surface area contributed by atoms with Crippen LogP contribution in [0.2, 0.25) is 0 Å². The quantitative estimate of drug-likeness (QED) is 0.834. The number of nitrogens with zero attached hydrogens (tertiary/aromatic N) is 1. The number of carbonyl (C=O) groups is 1. The topological polar surface area (TPSA) is 52.9 Å². The second kappa shape index (κ2) is 4.36. The molecule has 0 aromatic heterocycles. The highest BCUT2D eigenvalue weighted by Crippen LogP contribution is 2.47. The Hall–Kier alpha value is -1.82. The van der Waals surface area contributed by atoms with Crippen LogP contribution in [0.3, 0.4) is 0 Å². The summed E-state index contributed by atoms with van der Waals surface area (Å²) >= 11 is 0. The molecule has 0 spiro atoms. The Morgan fingerprint density at radius 1 is 1.50 bits per heavy atom. The Morgan fingerprint density at radius 3 is 2.81 bits per heavy atom. The fraction of sp³-hybridized carbons (Fsp3) is 0.385. The summed E-state index contributed by atoms with van der Waals surface area (Å²) in [7, 11) is 0. The van der Waals surface area contributed by atoms with Gasteiger partial charge >= 0.3 is 0 Å². The number of hydrogen-bond donors (Lipinski definition) is 1. The Morgan fingerprint density at radius 2 is 2.19 bits per heavy atom. The van der Waals surface area contributed by atoms with Gasteiger partial charge in [0.15, 0.2) is 0 Å². The summed E-state index contributed by atoms with van der Waals surface area (Å²) in [6.45, 7) is 1.69. The third kappa shape index (κ3) is 2.22. The summed E-state index contributed by atoms with van der Waals surface area (Å²) in [6, 6.07) is 11.6. The maximum Gasteiger partial charge on any atom is 0.224 e. The molecule has 0 aliphatic heterocycles. The highest BCUT2D eigenvalue weighted by Gasteiger charge is 2.43. The normalized spacial score (nSPS) is 24.2. The van der Waals surface area contributed by atoms with Crippen LogP contribution in [0.4, 0.5) is 0 Å².